The molecule has 2 aromatic heterocycles. The van der Waals surface area contributed by atoms with Gasteiger partial charge in [0.15, 0.2) is 0 Å². The molecule has 0 atom stereocenters. The molecule has 4 heteroatoms. The first-order valence-electron chi connectivity index (χ1n) is 5.92. The van der Waals surface area contributed by atoms with Gasteiger partial charge in [0.05, 0.1) is 22.8 Å². The molecule has 0 aliphatic rings. The average Bonchev–Trinajstić information content (AvgIpc) is 2.94. The third-order valence-corrected chi connectivity index (χ3v) is 2.98. The lowest BCUT2D eigenvalue weighted by Crippen LogP contribution is -2.04. The van der Waals surface area contributed by atoms with Gasteiger partial charge < -0.3 is 9.13 Å². The van der Waals surface area contributed by atoms with Gasteiger partial charge in [-0.15, -0.1) is 0 Å². The first kappa shape index (κ1) is 12.4. The summed E-state index contributed by atoms with van der Waals surface area (Å²) in [6, 6.07) is 8.07. The fourth-order valence-electron chi connectivity index (χ4n) is 1.93. The van der Waals surface area contributed by atoms with E-state index in [0.29, 0.717) is 0 Å². The molecule has 0 spiro atoms. The van der Waals surface area contributed by atoms with Crippen LogP contribution >= 0.6 is 0 Å². The van der Waals surface area contributed by atoms with Crippen LogP contribution in [0.4, 0.5) is 0 Å². The van der Waals surface area contributed by atoms with E-state index in [0.717, 1.165) is 22.8 Å². The van der Waals surface area contributed by atoms with E-state index >= 15 is 0 Å². The molecule has 0 saturated carbocycles. The second-order valence-electron chi connectivity index (χ2n) is 4.38. The SMILES string of the molecule is CC(=NN=C(C)c1cccn1C)c1cccn1C. The van der Waals surface area contributed by atoms with E-state index in [-0.39, 0.29) is 0 Å². The van der Waals surface area contributed by atoms with Gasteiger partial charge in [-0.25, -0.2) is 0 Å². The zero-order chi connectivity index (χ0) is 13.1. The first-order chi connectivity index (χ1) is 8.59. The number of aryl methyl sites for hydroxylation is 2. The maximum Gasteiger partial charge on any atom is 0.0835 e. The molecule has 18 heavy (non-hydrogen) atoms. The lowest BCUT2D eigenvalue weighted by Gasteiger charge is -2.02. The Labute approximate surface area is 107 Å². The number of hydrogen-bond donors (Lipinski definition) is 0. The molecule has 0 aliphatic carbocycles. The van der Waals surface area contributed by atoms with Crippen molar-refractivity contribution < 1.29 is 0 Å². The van der Waals surface area contributed by atoms with E-state index in [1.807, 2.05) is 73.7 Å². The third-order valence-electron chi connectivity index (χ3n) is 2.98. The Kier molecular flexibility index (Phi) is 3.46. The summed E-state index contributed by atoms with van der Waals surface area (Å²) in [6.07, 6.45) is 4.00. The standard InChI is InChI=1S/C14H18N4/c1-11(13-7-5-9-17(13)3)15-16-12(2)14-8-6-10-18(14)4/h5-10H,1-4H3. The second kappa shape index (κ2) is 5.04. The lowest BCUT2D eigenvalue weighted by atomic mass is 10.3. The Balaban J connectivity index is 2.25. The summed E-state index contributed by atoms with van der Waals surface area (Å²) < 4.78 is 4.07. The molecule has 2 rings (SSSR count). The van der Waals surface area contributed by atoms with Crippen LogP contribution in [0.2, 0.25) is 0 Å². The van der Waals surface area contributed by atoms with Crippen molar-refractivity contribution >= 4 is 11.4 Å². The maximum atomic E-state index is 4.29. The smallest absolute Gasteiger partial charge is 0.0835 e. The highest BCUT2D eigenvalue weighted by Gasteiger charge is 2.02. The van der Waals surface area contributed by atoms with Crippen LogP contribution in [0.5, 0.6) is 0 Å². The summed E-state index contributed by atoms with van der Waals surface area (Å²) in [5, 5.41) is 8.59. The number of nitrogens with zero attached hydrogens (tertiary/aromatic N) is 4. The molecule has 0 unspecified atom stereocenters. The fraction of sp³-hybridized carbons (Fsp3) is 0.286. The molecular weight excluding hydrogens is 224 g/mol. The van der Waals surface area contributed by atoms with E-state index in [1.54, 1.807) is 0 Å². The third kappa shape index (κ3) is 2.42. The average molecular weight is 242 g/mol. The van der Waals surface area contributed by atoms with Crippen molar-refractivity contribution in [1.82, 2.24) is 9.13 Å². The van der Waals surface area contributed by atoms with Crippen LogP contribution < -0.4 is 0 Å². The van der Waals surface area contributed by atoms with Gasteiger partial charge in [0.25, 0.3) is 0 Å². The van der Waals surface area contributed by atoms with Gasteiger partial charge in [-0.2, -0.15) is 10.2 Å². The molecule has 0 fully saturated rings. The molecule has 2 heterocycles. The summed E-state index contributed by atoms with van der Waals surface area (Å²) >= 11 is 0. The van der Waals surface area contributed by atoms with Crippen molar-refractivity contribution in [1.29, 1.82) is 0 Å². The zero-order valence-electron chi connectivity index (χ0n) is 11.3. The Bertz CT molecular complexity index is 545. The Hall–Kier alpha value is -2.10. The van der Waals surface area contributed by atoms with Gasteiger partial charge in [0.1, 0.15) is 0 Å². The van der Waals surface area contributed by atoms with Crippen LogP contribution in [0.15, 0.2) is 46.9 Å². The molecule has 94 valence electrons. The van der Waals surface area contributed by atoms with Crippen LogP contribution in [0, 0.1) is 0 Å². The molecule has 0 amide bonds. The molecule has 0 N–H and O–H groups in total. The zero-order valence-corrected chi connectivity index (χ0v) is 11.3. The summed E-state index contributed by atoms with van der Waals surface area (Å²) in [5.41, 5.74) is 3.99. The van der Waals surface area contributed by atoms with E-state index < -0.39 is 0 Å². The molecule has 4 nitrogen and oxygen atoms in total. The predicted molar refractivity (Wildman–Crippen MR) is 75.2 cm³/mol. The summed E-state index contributed by atoms with van der Waals surface area (Å²) in [5.74, 6) is 0. The largest absolute Gasteiger partial charge is 0.350 e. The van der Waals surface area contributed by atoms with Crippen molar-refractivity contribution in [2.24, 2.45) is 24.3 Å². The van der Waals surface area contributed by atoms with Crippen LogP contribution in [-0.4, -0.2) is 20.6 Å². The van der Waals surface area contributed by atoms with E-state index in [9.17, 15) is 0 Å². The predicted octanol–water partition coefficient (Wildman–Crippen LogP) is 2.60. The molecule has 0 saturated heterocycles. The van der Waals surface area contributed by atoms with E-state index in [4.69, 9.17) is 0 Å². The summed E-state index contributed by atoms with van der Waals surface area (Å²) in [6.45, 7) is 3.94. The topological polar surface area (TPSA) is 34.6 Å². The van der Waals surface area contributed by atoms with Gasteiger partial charge >= 0.3 is 0 Å². The number of rotatable bonds is 3. The van der Waals surface area contributed by atoms with Gasteiger partial charge in [-0.1, -0.05) is 0 Å². The number of hydrogen-bond acceptors (Lipinski definition) is 2. The lowest BCUT2D eigenvalue weighted by molar-refractivity contribution is 0.907. The van der Waals surface area contributed by atoms with Crippen molar-refractivity contribution in [2.75, 3.05) is 0 Å². The highest BCUT2D eigenvalue weighted by atomic mass is 15.2. The quantitative estimate of drug-likeness (QED) is 0.586. The minimum Gasteiger partial charge on any atom is -0.350 e. The van der Waals surface area contributed by atoms with Crippen LogP contribution in [0.1, 0.15) is 25.2 Å². The highest BCUT2D eigenvalue weighted by molar-refractivity contribution is 6.00. The summed E-state index contributed by atoms with van der Waals surface area (Å²) in [7, 11) is 4.00. The second-order valence-corrected chi connectivity index (χ2v) is 4.38. The Morgan fingerprint density at radius 3 is 1.50 bits per heavy atom. The summed E-state index contributed by atoms with van der Waals surface area (Å²) in [4.78, 5) is 0. The molecular formula is C14H18N4. The van der Waals surface area contributed by atoms with Crippen LogP contribution in [0.25, 0.3) is 0 Å². The highest BCUT2D eigenvalue weighted by Crippen LogP contribution is 2.05. The maximum absolute atomic E-state index is 4.29. The van der Waals surface area contributed by atoms with Gasteiger partial charge in [-0.3, -0.25) is 0 Å². The minimum absolute atomic E-state index is 0.913. The monoisotopic (exact) mass is 242 g/mol. The molecule has 0 bridgehead atoms. The van der Waals surface area contributed by atoms with Crippen molar-refractivity contribution in [3.05, 3.63) is 48.0 Å². The number of aromatic nitrogens is 2. The normalized spacial score (nSPS) is 13.1. The van der Waals surface area contributed by atoms with Crippen molar-refractivity contribution in [2.45, 2.75) is 13.8 Å². The first-order valence-corrected chi connectivity index (χ1v) is 5.92. The van der Waals surface area contributed by atoms with Gasteiger partial charge in [0.2, 0.25) is 0 Å². The fourth-order valence-corrected chi connectivity index (χ4v) is 1.93. The van der Waals surface area contributed by atoms with Crippen molar-refractivity contribution in [3.63, 3.8) is 0 Å². The molecule has 0 aromatic carbocycles. The van der Waals surface area contributed by atoms with Gasteiger partial charge in [-0.05, 0) is 38.1 Å². The van der Waals surface area contributed by atoms with E-state index in [1.165, 1.54) is 0 Å². The Morgan fingerprint density at radius 1 is 0.833 bits per heavy atom. The molecule has 0 aliphatic heterocycles. The molecule has 0 radical (unpaired) electrons. The Morgan fingerprint density at radius 2 is 1.22 bits per heavy atom. The van der Waals surface area contributed by atoms with E-state index in [2.05, 4.69) is 10.2 Å². The van der Waals surface area contributed by atoms with Gasteiger partial charge in [0, 0.05) is 26.5 Å². The van der Waals surface area contributed by atoms with Crippen molar-refractivity contribution in [3.8, 4) is 0 Å². The van der Waals surface area contributed by atoms with Crippen LogP contribution in [-0.2, 0) is 14.1 Å². The molecule has 2 aromatic rings. The van der Waals surface area contributed by atoms with Crippen LogP contribution in [0.3, 0.4) is 0 Å². The minimum atomic E-state index is 0.913.